The van der Waals surface area contributed by atoms with E-state index in [1.807, 2.05) is 33.9 Å². The molecule has 0 bridgehead atoms. The van der Waals surface area contributed by atoms with Gasteiger partial charge in [0.15, 0.2) is 0 Å². The number of halogens is 1. The van der Waals surface area contributed by atoms with Gasteiger partial charge in [-0.05, 0) is 39.7 Å². The van der Waals surface area contributed by atoms with Crippen molar-refractivity contribution >= 4 is 24.2 Å². The van der Waals surface area contributed by atoms with Gasteiger partial charge in [-0.2, -0.15) is 0 Å². The van der Waals surface area contributed by atoms with Crippen molar-refractivity contribution in [2.24, 2.45) is 0 Å². The van der Waals surface area contributed by atoms with E-state index >= 15 is 0 Å². The lowest BCUT2D eigenvalue weighted by molar-refractivity contribution is 0.00578. The van der Waals surface area contributed by atoms with Gasteiger partial charge in [-0.3, -0.25) is 4.98 Å². The third-order valence-corrected chi connectivity index (χ3v) is 4.19. The van der Waals surface area contributed by atoms with E-state index in [-0.39, 0.29) is 11.2 Å². The maximum atomic E-state index is 6.25. The molecule has 1 aromatic heterocycles. The van der Waals surface area contributed by atoms with Crippen LogP contribution in [0.3, 0.4) is 0 Å². The molecule has 0 aliphatic carbocycles. The summed E-state index contributed by atoms with van der Waals surface area (Å²) in [4.78, 5) is 4.12. The molecule has 1 aliphatic rings. The molecule has 0 N–H and O–H groups in total. The molecule has 18 heavy (non-hydrogen) atoms. The highest BCUT2D eigenvalue weighted by Gasteiger charge is 2.52. The zero-order valence-electron chi connectivity index (χ0n) is 11.6. The SMILES string of the molecule is CCc1cncc(Cl)c1B1OC(C)(C)C(C)(C)O1. The summed E-state index contributed by atoms with van der Waals surface area (Å²) in [5, 5.41) is 0.604. The second-order valence-corrected chi connectivity index (χ2v) is 6.04. The van der Waals surface area contributed by atoms with Gasteiger partial charge < -0.3 is 9.31 Å². The normalized spacial score (nSPS) is 21.3. The van der Waals surface area contributed by atoms with E-state index in [0.29, 0.717) is 5.02 Å². The van der Waals surface area contributed by atoms with Gasteiger partial charge in [-0.25, -0.2) is 0 Å². The van der Waals surface area contributed by atoms with Crippen molar-refractivity contribution in [2.75, 3.05) is 0 Å². The molecule has 0 unspecified atom stereocenters. The van der Waals surface area contributed by atoms with Crippen LogP contribution in [0.4, 0.5) is 0 Å². The number of hydrogen-bond acceptors (Lipinski definition) is 3. The summed E-state index contributed by atoms with van der Waals surface area (Å²) >= 11 is 6.25. The monoisotopic (exact) mass is 267 g/mol. The highest BCUT2D eigenvalue weighted by molar-refractivity contribution is 6.66. The van der Waals surface area contributed by atoms with Crippen molar-refractivity contribution in [3.63, 3.8) is 0 Å². The number of rotatable bonds is 2. The Morgan fingerprint density at radius 1 is 1.17 bits per heavy atom. The first-order valence-electron chi connectivity index (χ1n) is 6.26. The molecule has 1 saturated heterocycles. The largest absolute Gasteiger partial charge is 0.496 e. The maximum Gasteiger partial charge on any atom is 0.496 e. The van der Waals surface area contributed by atoms with Gasteiger partial charge >= 0.3 is 7.12 Å². The molecule has 1 aromatic rings. The van der Waals surface area contributed by atoms with Crippen molar-refractivity contribution in [2.45, 2.75) is 52.2 Å². The smallest absolute Gasteiger partial charge is 0.399 e. The standard InChI is InChI=1S/C13H19BClNO2/c1-6-9-7-16-8-10(15)11(9)14-17-12(2,3)13(4,5)18-14/h7-8H,6H2,1-5H3. The van der Waals surface area contributed by atoms with Gasteiger partial charge in [0.05, 0.1) is 16.2 Å². The molecule has 0 saturated carbocycles. The highest BCUT2D eigenvalue weighted by atomic mass is 35.5. The molecule has 0 aromatic carbocycles. The Balaban J connectivity index is 2.41. The summed E-state index contributed by atoms with van der Waals surface area (Å²) < 4.78 is 12.1. The Bertz CT molecular complexity index is 446. The van der Waals surface area contributed by atoms with Crippen molar-refractivity contribution in [1.82, 2.24) is 4.98 Å². The third kappa shape index (κ3) is 2.17. The molecular weight excluding hydrogens is 248 g/mol. The van der Waals surface area contributed by atoms with Crippen LogP contribution in [0.25, 0.3) is 0 Å². The summed E-state index contributed by atoms with van der Waals surface area (Å²) in [5.41, 5.74) is 1.28. The highest BCUT2D eigenvalue weighted by Crippen LogP contribution is 2.37. The maximum absolute atomic E-state index is 6.25. The van der Waals surface area contributed by atoms with Crippen LogP contribution in [0.15, 0.2) is 12.4 Å². The van der Waals surface area contributed by atoms with Crippen molar-refractivity contribution in [3.8, 4) is 0 Å². The number of aromatic nitrogens is 1. The van der Waals surface area contributed by atoms with Crippen LogP contribution in [0, 0.1) is 0 Å². The molecule has 3 nitrogen and oxygen atoms in total. The van der Waals surface area contributed by atoms with Gasteiger partial charge in [0, 0.05) is 17.9 Å². The molecule has 2 heterocycles. The molecule has 0 spiro atoms. The molecule has 1 fully saturated rings. The van der Waals surface area contributed by atoms with Crippen LogP contribution < -0.4 is 5.46 Å². The molecule has 5 heteroatoms. The Morgan fingerprint density at radius 2 is 1.72 bits per heavy atom. The number of aryl methyl sites for hydroxylation is 1. The van der Waals surface area contributed by atoms with Gasteiger partial charge in [-0.1, -0.05) is 18.5 Å². The third-order valence-electron chi connectivity index (χ3n) is 3.89. The molecule has 0 radical (unpaired) electrons. The minimum Gasteiger partial charge on any atom is -0.399 e. The predicted molar refractivity (Wildman–Crippen MR) is 74.3 cm³/mol. The molecular formula is C13H19BClNO2. The molecule has 1 aliphatic heterocycles. The molecule has 0 amide bonds. The molecule has 0 atom stereocenters. The number of hydrogen-bond donors (Lipinski definition) is 0. The van der Waals surface area contributed by atoms with Gasteiger partial charge in [0.25, 0.3) is 0 Å². The summed E-state index contributed by atoms with van der Waals surface area (Å²) in [6, 6.07) is 0. The second-order valence-electron chi connectivity index (χ2n) is 5.64. The van der Waals surface area contributed by atoms with Crippen LogP contribution in [-0.4, -0.2) is 23.3 Å². The van der Waals surface area contributed by atoms with E-state index in [1.54, 1.807) is 6.20 Å². The fourth-order valence-corrected chi connectivity index (χ4v) is 2.26. The quantitative estimate of drug-likeness (QED) is 0.772. The Kier molecular flexibility index (Phi) is 3.47. The second kappa shape index (κ2) is 4.51. The lowest BCUT2D eigenvalue weighted by Gasteiger charge is -2.32. The van der Waals surface area contributed by atoms with E-state index in [4.69, 9.17) is 20.9 Å². The van der Waals surface area contributed by atoms with Crippen LogP contribution in [-0.2, 0) is 15.7 Å². The summed E-state index contributed by atoms with van der Waals surface area (Å²) in [5.74, 6) is 0. The first kappa shape index (κ1) is 13.8. The zero-order chi connectivity index (χ0) is 13.6. The lowest BCUT2D eigenvalue weighted by atomic mass is 9.76. The Morgan fingerprint density at radius 3 is 2.22 bits per heavy atom. The van der Waals surface area contributed by atoms with Crippen LogP contribution >= 0.6 is 11.6 Å². The molecule has 98 valence electrons. The average molecular weight is 268 g/mol. The van der Waals surface area contributed by atoms with Gasteiger partial charge in [0.1, 0.15) is 0 Å². The minimum absolute atomic E-state index is 0.352. The van der Waals surface area contributed by atoms with Gasteiger partial charge in [0.2, 0.25) is 0 Å². The van der Waals surface area contributed by atoms with Crippen molar-refractivity contribution in [1.29, 1.82) is 0 Å². The van der Waals surface area contributed by atoms with Gasteiger partial charge in [-0.15, -0.1) is 0 Å². The lowest BCUT2D eigenvalue weighted by Crippen LogP contribution is -2.41. The summed E-state index contributed by atoms with van der Waals surface area (Å²) in [6.07, 6.45) is 4.32. The Hall–Kier alpha value is -0.575. The van der Waals surface area contributed by atoms with E-state index in [9.17, 15) is 0 Å². The fourth-order valence-electron chi connectivity index (χ4n) is 1.99. The zero-order valence-corrected chi connectivity index (χ0v) is 12.3. The van der Waals surface area contributed by atoms with E-state index < -0.39 is 7.12 Å². The van der Waals surface area contributed by atoms with Crippen molar-refractivity contribution in [3.05, 3.63) is 23.0 Å². The number of pyridine rings is 1. The first-order valence-corrected chi connectivity index (χ1v) is 6.64. The summed E-state index contributed by atoms with van der Waals surface area (Å²) in [6.45, 7) is 10.2. The van der Waals surface area contributed by atoms with Crippen LogP contribution in [0.2, 0.25) is 5.02 Å². The minimum atomic E-state index is -0.416. The van der Waals surface area contributed by atoms with Crippen LogP contribution in [0.5, 0.6) is 0 Å². The Labute approximate surface area is 114 Å². The predicted octanol–water partition coefficient (Wildman–Crippen LogP) is 2.60. The average Bonchev–Trinajstić information content (AvgIpc) is 2.47. The first-order chi connectivity index (χ1) is 8.28. The van der Waals surface area contributed by atoms with E-state index in [2.05, 4.69) is 11.9 Å². The van der Waals surface area contributed by atoms with Crippen molar-refractivity contribution < 1.29 is 9.31 Å². The summed E-state index contributed by atoms with van der Waals surface area (Å²) in [7, 11) is -0.416. The van der Waals surface area contributed by atoms with E-state index in [0.717, 1.165) is 17.4 Å². The topological polar surface area (TPSA) is 31.4 Å². The fraction of sp³-hybridized carbons (Fsp3) is 0.615. The van der Waals surface area contributed by atoms with E-state index in [1.165, 1.54) is 0 Å². The number of nitrogens with zero attached hydrogens (tertiary/aromatic N) is 1. The van der Waals surface area contributed by atoms with Crippen LogP contribution in [0.1, 0.15) is 40.2 Å². The molecule has 2 rings (SSSR count).